The van der Waals surface area contributed by atoms with E-state index >= 15 is 0 Å². The Kier molecular flexibility index (Phi) is 3.75. The summed E-state index contributed by atoms with van der Waals surface area (Å²) in [4.78, 5) is 28.2. The van der Waals surface area contributed by atoms with Gasteiger partial charge in [-0.15, -0.1) is 0 Å². The summed E-state index contributed by atoms with van der Waals surface area (Å²) in [5.41, 5.74) is 5.85. The van der Waals surface area contributed by atoms with E-state index < -0.39 is 0 Å². The van der Waals surface area contributed by atoms with E-state index in [2.05, 4.69) is 20.9 Å². The summed E-state index contributed by atoms with van der Waals surface area (Å²) in [5, 5.41) is 0. The van der Waals surface area contributed by atoms with Crippen molar-refractivity contribution in [1.82, 2.24) is 9.88 Å². The van der Waals surface area contributed by atoms with Crippen LogP contribution in [-0.2, 0) is 4.79 Å². The molecular weight excluding hydrogens is 298 g/mol. The number of primary amides is 1. The van der Waals surface area contributed by atoms with E-state index in [1.165, 1.54) is 0 Å². The average molecular weight is 314 g/mol. The topological polar surface area (TPSA) is 79.2 Å². The molecule has 2 heterocycles. The maximum absolute atomic E-state index is 12.3. The molecule has 1 aliphatic rings. The van der Waals surface area contributed by atoms with Crippen LogP contribution in [-0.4, -0.2) is 34.3 Å². The minimum Gasteiger partial charge on any atom is -0.369 e. The first-order valence-electron chi connectivity index (χ1n) is 5.93. The second kappa shape index (κ2) is 5.14. The van der Waals surface area contributed by atoms with Gasteiger partial charge in [-0.2, -0.15) is 0 Å². The van der Waals surface area contributed by atoms with Gasteiger partial charge < -0.3 is 15.6 Å². The number of aromatic nitrogens is 1. The van der Waals surface area contributed by atoms with Crippen molar-refractivity contribution in [2.75, 3.05) is 6.54 Å². The highest BCUT2D eigenvalue weighted by molar-refractivity contribution is 9.10. The highest BCUT2D eigenvalue weighted by Gasteiger charge is 2.32. The Morgan fingerprint density at radius 3 is 2.78 bits per heavy atom. The first kappa shape index (κ1) is 13.1. The van der Waals surface area contributed by atoms with Crippen LogP contribution in [0.2, 0.25) is 0 Å². The molecule has 1 fully saturated rings. The molecule has 1 aromatic rings. The molecule has 0 radical (unpaired) electrons. The van der Waals surface area contributed by atoms with Gasteiger partial charge in [-0.1, -0.05) is 0 Å². The number of likely N-dealkylation sites (tertiary alicyclic amines) is 1. The van der Waals surface area contributed by atoms with E-state index in [4.69, 9.17) is 5.73 Å². The standard InChI is InChI=1S/C12H16BrN3O2/c1-7-2-3-8(11(14)17)6-16(7)12(18)10-4-9(13)5-15-10/h4-5,7-8,15H,2-3,6H2,1H3,(H2,14,17). The van der Waals surface area contributed by atoms with Gasteiger partial charge in [0.2, 0.25) is 5.91 Å². The number of piperidine rings is 1. The molecular formula is C12H16BrN3O2. The number of rotatable bonds is 2. The first-order valence-corrected chi connectivity index (χ1v) is 6.72. The highest BCUT2D eigenvalue weighted by Crippen LogP contribution is 2.24. The van der Waals surface area contributed by atoms with Crippen molar-refractivity contribution in [1.29, 1.82) is 0 Å². The van der Waals surface area contributed by atoms with Crippen molar-refractivity contribution in [3.8, 4) is 0 Å². The molecule has 0 aliphatic carbocycles. The Hall–Kier alpha value is -1.30. The number of carbonyl (C=O) groups excluding carboxylic acids is 2. The third-order valence-electron chi connectivity index (χ3n) is 3.42. The molecule has 0 bridgehead atoms. The number of nitrogens with two attached hydrogens (primary N) is 1. The number of amides is 2. The third-order valence-corrected chi connectivity index (χ3v) is 3.88. The molecule has 3 N–H and O–H groups in total. The smallest absolute Gasteiger partial charge is 0.270 e. The fourth-order valence-corrected chi connectivity index (χ4v) is 2.61. The average Bonchev–Trinajstić information content (AvgIpc) is 2.75. The maximum atomic E-state index is 12.3. The zero-order chi connectivity index (χ0) is 13.3. The van der Waals surface area contributed by atoms with Gasteiger partial charge in [0.05, 0.1) is 5.92 Å². The summed E-state index contributed by atoms with van der Waals surface area (Å²) < 4.78 is 0.835. The lowest BCUT2D eigenvalue weighted by molar-refractivity contribution is -0.123. The molecule has 0 saturated carbocycles. The highest BCUT2D eigenvalue weighted by atomic mass is 79.9. The summed E-state index contributed by atoms with van der Waals surface area (Å²) in [5.74, 6) is -0.643. The van der Waals surface area contributed by atoms with Gasteiger partial charge in [0.1, 0.15) is 5.69 Å². The molecule has 0 aromatic carbocycles. The minimum absolute atomic E-state index is 0.0841. The van der Waals surface area contributed by atoms with E-state index in [0.29, 0.717) is 12.2 Å². The number of nitrogens with zero attached hydrogens (tertiary/aromatic N) is 1. The second-order valence-electron chi connectivity index (χ2n) is 4.71. The molecule has 0 spiro atoms. The Balaban J connectivity index is 2.15. The number of H-pyrrole nitrogens is 1. The fraction of sp³-hybridized carbons (Fsp3) is 0.500. The van der Waals surface area contributed by atoms with Crippen molar-refractivity contribution >= 4 is 27.7 Å². The minimum atomic E-state index is -0.327. The Morgan fingerprint density at radius 2 is 2.22 bits per heavy atom. The quantitative estimate of drug-likeness (QED) is 0.867. The molecule has 5 nitrogen and oxygen atoms in total. The number of carbonyl (C=O) groups is 2. The molecule has 6 heteroatoms. The van der Waals surface area contributed by atoms with Gasteiger partial charge >= 0.3 is 0 Å². The molecule has 1 saturated heterocycles. The lowest BCUT2D eigenvalue weighted by Gasteiger charge is -2.36. The molecule has 2 amide bonds. The summed E-state index contributed by atoms with van der Waals surface area (Å²) in [7, 11) is 0. The molecule has 1 aliphatic heterocycles. The van der Waals surface area contributed by atoms with Gasteiger partial charge in [-0.3, -0.25) is 9.59 Å². The van der Waals surface area contributed by atoms with Crippen LogP contribution in [0.4, 0.5) is 0 Å². The van der Waals surface area contributed by atoms with Crippen molar-refractivity contribution < 1.29 is 9.59 Å². The largest absolute Gasteiger partial charge is 0.369 e. The van der Waals surface area contributed by atoms with Crippen molar-refractivity contribution in [3.05, 3.63) is 22.4 Å². The molecule has 2 rings (SSSR count). The van der Waals surface area contributed by atoms with Crippen LogP contribution in [0.5, 0.6) is 0 Å². The van der Waals surface area contributed by atoms with E-state index in [1.807, 2.05) is 6.92 Å². The number of hydrogen-bond donors (Lipinski definition) is 2. The predicted octanol–water partition coefficient (Wildman–Crippen LogP) is 1.50. The zero-order valence-electron chi connectivity index (χ0n) is 10.1. The number of nitrogens with one attached hydrogen (secondary N) is 1. The van der Waals surface area contributed by atoms with Gasteiger partial charge in [0, 0.05) is 23.3 Å². The summed E-state index contributed by atoms with van der Waals surface area (Å²) in [6.45, 7) is 2.40. The van der Waals surface area contributed by atoms with Crippen LogP contribution in [0.15, 0.2) is 16.7 Å². The van der Waals surface area contributed by atoms with Crippen molar-refractivity contribution in [2.24, 2.45) is 11.7 Å². The lowest BCUT2D eigenvalue weighted by atomic mass is 9.92. The lowest BCUT2D eigenvalue weighted by Crippen LogP contribution is -2.48. The first-order chi connectivity index (χ1) is 8.49. The molecule has 18 heavy (non-hydrogen) atoms. The maximum Gasteiger partial charge on any atom is 0.270 e. The van der Waals surface area contributed by atoms with Crippen molar-refractivity contribution in [3.63, 3.8) is 0 Å². The molecule has 1 aromatic heterocycles. The Morgan fingerprint density at radius 1 is 1.50 bits per heavy atom. The number of halogens is 1. The van der Waals surface area contributed by atoms with Crippen LogP contribution >= 0.6 is 15.9 Å². The van der Waals surface area contributed by atoms with E-state index in [-0.39, 0.29) is 23.8 Å². The number of hydrogen-bond acceptors (Lipinski definition) is 2. The van der Waals surface area contributed by atoms with Crippen LogP contribution < -0.4 is 5.73 Å². The number of aromatic amines is 1. The molecule has 98 valence electrons. The van der Waals surface area contributed by atoms with E-state index in [1.54, 1.807) is 17.2 Å². The third kappa shape index (κ3) is 2.58. The fourth-order valence-electron chi connectivity index (χ4n) is 2.27. The van der Waals surface area contributed by atoms with Crippen molar-refractivity contribution in [2.45, 2.75) is 25.8 Å². The van der Waals surface area contributed by atoms with E-state index in [0.717, 1.165) is 17.3 Å². The normalized spacial score (nSPS) is 24.0. The second-order valence-corrected chi connectivity index (χ2v) is 5.63. The van der Waals surface area contributed by atoms with Crippen LogP contribution in [0.3, 0.4) is 0 Å². The predicted molar refractivity (Wildman–Crippen MR) is 70.9 cm³/mol. The van der Waals surface area contributed by atoms with Crippen LogP contribution in [0, 0.1) is 5.92 Å². The molecule has 2 unspecified atom stereocenters. The van der Waals surface area contributed by atoms with Gasteiger partial charge in [0.15, 0.2) is 0 Å². The Labute approximate surface area is 114 Å². The summed E-state index contributed by atoms with van der Waals surface area (Å²) >= 11 is 3.30. The van der Waals surface area contributed by atoms with E-state index in [9.17, 15) is 9.59 Å². The monoisotopic (exact) mass is 313 g/mol. The SMILES string of the molecule is CC1CCC(C(N)=O)CN1C(=O)c1cc(Br)c[nH]1. The summed E-state index contributed by atoms with van der Waals surface area (Å²) in [6, 6.07) is 1.87. The van der Waals surface area contributed by atoms with Gasteiger partial charge in [-0.05, 0) is 41.8 Å². The zero-order valence-corrected chi connectivity index (χ0v) is 11.7. The van der Waals surface area contributed by atoms with Gasteiger partial charge in [0.25, 0.3) is 5.91 Å². The summed E-state index contributed by atoms with van der Waals surface area (Å²) in [6.07, 6.45) is 3.28. The van der Waals surface area contributed by atoms with Crippen LogP contribution in [0.1, 0.15) is 30.3 Å². The van der Waals surface area contributed by atoms with Crippen LogP contribution in [0.25, 0.3) is 0 Å². The van der Waals surface area contributed by atoms with Gasteiger partial charge in [-0.25, -0.2) is 0 Å². The Bertz CT molecular complexity index is 472. The molecule has 2 atom stereocenters.